The lowest BCUT2D eigenvalue weighted by Crippen LogP contribution is -2.14. The van der Waals surface area contributed by atoms with Crippen molar-refractivity contribution in [2.45, 2.75) is 65.0 Å². The second kappa shape index (κ2) is 10.1. The second-order valence-corrected chi connectivity index (χ2v) is 9.12. The molecule has 0 unspecified atom stereocenters. The van der Waals surface area contributed by atoms with Crippen LogP contribution in [0.4, 0.5) is 5.95 Å². The molecular weight excluding hydrogens is 434 g/mol. The largest absolute Gasteiger partial charge is 0.489 e. The number of anilines is 1. The first-order valence-corrected chi connectivity index (χ1v) is 11.6. The molecule has 180 valence electrons. The van der Waals surface area contributed by atoms with E-state index in [1.807, 2.05) is 32.2 Å². The number of aliphatic carboxylic acids is 1. The van der Waals surface area contributed by atoms with Gasteiger partial charge in [0, 0.05) is 25.4 Å². The Kier molecular flexibility index (Phi) is 7.04. The van der Waals surface area contributed by atoms with Crippen molar-refractivity contribution in [3.8, 4) is 17.1 Å². The summed E-state index contributed by atoms with van der Waals surface area (Å²) in [4.78, 5) is 24.6. The first-order valence-electron chi connectivity index (χ1n) is 11.6. The number of rotatable bonds is 9. The van der Waals surface area contributed by atoms with Crippen LogP contribution in [-0.2, 0) is 18.4 Å². The summed E-state index contributed by atoms with van der Waals surface area (Å²) in [6.07, 6.45) is 4.47. The average Bonchev–Trinajstić information content (AvgIpc) is 3.39. The van der Waals surface area contributed by atoms with E-state index in [9.17, 15) is 4.79 Å². The lowest BCUT2D eigenvalue weighted by molar-refractivity contribution is -0.138. The van der Waals surface area contributed by atoms with E-state index in [1.54, 1.807) is 10.9 Å². The van der Waals surface area contributed by atoms with E-state index in [-0.39, 0.29) is 18.4 Å². The summed E-state index contributed by atoms with van der Waals surface area (Å²) < 4.78 is 7.87. The highest BCUT2D eigenvalue weighted by atomic mass is 16.5. The van der Waals surface area contributed by atoms with Gasteiger partial charge in [0.25, 0.3) is 0 Å². The van der Waals surface area contributed by atoms with Gasteiger partial charge in [-0.05, 0) is 56.2 Å². The predicted molar refractivity (Wildman–Crippen MR) is 126 cm³/mol. The molecule has 0 spiro atoms. The monoisotopic (exact) mass is 465 g/mol. The molecule has 0 aliphatic heterocycles. The average molecular weight is 466 g/mol. The number of carbonyl (C=O) groups is 1. The Morgan fingerprint density at radius 2 is 2.09 bits per heavy atom. The highest BCUT2D eigenvalue weighted by molar-refractivity contribution is 5.67. The normalized spacial score (nSPS) is 17.8. The third-order valence-electron chi connectivity index (χ3n) is 6.16. The molecule has 1 aliphatic carbocycles. The smallest absolute Gasteiger partial charge is 0.303 e. The number of hydrogen-bond donors (Lipinski definition) is 2. The van der Waals surface area contributed by atoms with Crippen molar-refractivity contribution < 1.29 is 14.6 Å². The minimum atomic E-state index is -0.749. The minimum Gasteiger partial charge on any atom is -0.489 e. The molecular formula is C24H31N7O3. The van der Waals surface area contributed by atoms with Gasteiger partial charge in [0.15, 0.2) is 0 Å². The number of aromatic nitrogens is 6. The third kappa shape index (κ3) is 5.49. The molecule has 1 fully saturated rings. The zero-order valence-corrected chi connectivity index (χ0v) is 20.0. The van der Waals surface area contributed by atoms with Gasteiger partial charge in [-0.1, -0.05) is 19.1 Å². The van der Waals surface area contributed by atoms with Crippen molar-refractivity contribution in [3.63, 3.8) is 0 Å². The van der Waals surface area contributed by atoms with Crippen LogP contribution >= 0.6 is 0 Å². The Labute approximate surface area is 198 Å². The van der Waals surface area contributed by atoms with E-state index < -0.39 is 5.97 Å². The second-order valence-electron chi connectivity index (χ2n) is 9.12. The van der Waals surface area contributed by atoms with E-state index in [2.05, 4.69) is 39.4 Å². The molecule has 2 N–H and O–H groups in total. The minimum absolute atomic E-state index is 0.0218. The molecule has 0 bridgehead atoms. The quantitative estimate of drug-likeness (QED) is 0.486. The summed E-state index contributed by atoms with van der Waals surface area (Å²) in [7, 11) is 1.84. The molecule has 3 aromatic rings. The van der Waals surface area contributed by atoms with E-state index in [0.717, 1.165) is 36.3 Å². The summed E-state index contributed by atoms with van der Waals surface area (Å²) >= 11 is 0. The van der Waals surface area contributed by atoms with Crippen LogP contribution in [0.25, 0.3) is 11.4 Å². The number of carboxylic acid groups (broad SMARTS) is 1. The van der Waals surface area contributed by atoms with Crippen LogP contribution in [0.2, 0.25) is 0 Å². The Balaban J connectivity index is 1.45. The molecule has 1 aliphatic rings. The van der Waals surface area contributed by atoms with Gasteiger partial charge in [0.1, 0.15) is 11.4 Å². The molecule has 0 radical (unpaired) electrons. The van der Waals surface area contributed by atoms with E-state index >= 15 is 0 Å². The summed E-state index contributed by atoms with van der Waals surface area (Å²) in [5.74, 6) is 1.02. The van der Waals surface area contributed by atoms with Crippen molar-refractivity contribution in [1.29, 1.82) is 0 Å². The fraction of sp³-hybridized carbons (Fsp3) is 0.500. The van der Waals surface area contributed by atoms with Crippen molar-refractivity contribution in [1.82, 2.24) is 29.9 Å². The molecule has 1 saturated carbocycles. The van der Waals surface area contributed by atoms with Crippen molar-refractivity contribution in [3.05, 3.63) is 41.5 Å². The van der Waals surface area contributed by atoms with Crippen LogP contribution in [0, 0.1) is 12.8 Å². The van der Waals surface area contributed by atoms with Crippen molar-refractivity contribution >= 4 is 11.9 Å². The van der Waals surface area contributed by atoms with Crippen molar-refractivity contribution in [2.24, 2.45) is 13.0 Å². The van der Waals surface area contributed by atoms with Gasteiger partial charge in [-0.25, -0.2) is 19.6 Å². The first kappa shape index (κ1) is 23.6. The standard InChI is InChI=1S/C24H31N7O3/c1-14(2)18-9-10-25-24(28-18)26-13-20-23(29-30-31(20)4)19-7-8-21(15(3)27-19)34-17-6-5-16(11-17)12-22(32)33/h7-10,14,16-17H,5-6,11-13H2,1-4H3,(H,32,33)(H,25,26,28)/t16-,17-/m0/s1. The zero-order chi connectivity index (χ0) is 24.2. The van der Waals surface area contributed by atoms with Gasteiger partial charge in [-0.15, -0.1) is 5.10 Å². The molecule has 34 heavy (non-hydrogen) atoms. The fourth-order valence-corrected chi connectivity index (χ4v) is 4.27. The van der Waals surface area contributed by atoms with Gasteiger partial charge in [-0.3, -0.25) is 4.79 Å². The first-order chi connectivity index (χ1) is 16.3. The summed E-state index contributed by atoms with van der Waals surface area (Å²) in [6, 6.07) is 5.71. The van der Waals surface area contributed by atoms with Gasteiger partial charge >= 0.3 is 5.97 Å². The van der Waals surface area contributed by atoms with Gasteiger partial charge in [-0.2, -0.15) is 0 Å². The molecule has 10 nitrogen and oxygen atoms in total. The topological polar surface area (TPSA) is 128 Å². The molecule has 2 atom stereocenters. The molecule has 0 aromatic carbocycles. The van der Waals surface area contributed by atoms with Crippen LogP contribution in [0.15, 0.2) is 24.4 Å². The molecule has 0 saturated heterocycles. The van der Waals surface area contributed by atoms with E-state index in [1.165, 1.54) is 0 Å². The maximum atomic E-state index is 11.0. The number of ether oxygens (including phenoxy) is 1. The lowest BCUT2D eigenvalue weighted by Gasteiger charge is -2.16. The molecule has 10 heteroatoms. The van der Waals surface area contributed by atoms with Crippen LogP contribution in [0.1, 0.15) is 62.5 Å². The maximum Gasteiger partial charge on any atom is 0.303 e. The van der Waals surface area contributed by atoms with E-state index in [0.29, 0.717) is 35.5 Å². The summed E-state index contributed by atoms with van der Waals surface area (Å²) in [5.41, 5.74) is 4.00. The van der Waals surface area contributed by atoms with Crippen molar-refractivity contribution in [2.75, 3.05) is 5.32 Å². The number of nitrogens with zero attached hydrogens (tertiary/aromatic N) is 6. The van der Waals surface area contributed by atoms with Gasteiger partial charge < -0.3 is 15.2 Å². The molecule has 3 heterocycles. The predicted octanol–water partition coefficient (Wildman–Crippen LogP) is 3.73. The van der Waals surface area contributed by atoms with Crippen LogP contribution in [0.5, 0.6) is 5.75 Å². The highest BCUT2D eigenvalue weighted by Gasteiger charge is 2.28. The summed E-state index contributed by atoms with van der Waals surface area (Å²) in [6.45, 7) is 6.55. The van der Waals surface area contributed by atoms with Gasteiger partial charge in [0.05, 0.1) is 29.7 Å². The number of carboxylic acids is 1. The highest BCUT2D eigenvalue weighted by Crippen LogP contribution is 2.33. The number of aryl methyl sites for hydroxylation is 2. The Morgan fingerprint density at radius 3 is 2.82 bits per heavy atom. The van der Waals surface area contributed by atoms with Crippen LogP contribution < -0.4 is 10.1 Å². The van der Waals surface area contributed by atoms with Crippen LogP contribution in [-0.4, -0.2) is 47.1 Å². The Morgan fingerprint density at radius 1 is 1.26 bits per heavy atom. The summed E-state index contributed by atoms with van der Waals surface area (Å²) in [5, 5.41) is 20.8. The fourth-order valence-electron chi connectivity index (χ4n) is 4.27. The number of pyridine rings is 1. The van der Waals surface area contributed by atoms with E-state index in [4.69, 9.17) is 14.8 Å². The zero-order valence-electron chi connectivity index (χ0n) is 20.0. The van der Waals surface area contributed by atoms with Crippen LogP contribution in [0.3, 0.4) is 0 Å². The molecule has 3 aromatic heterocycles. The molecule has 0 amide bonds. The number of nitrogens with one attached hydrogen (secondary N) is 1. The van der Waals surface area contributed by atoms with Gasteiger partial charge in [0.2, 0.25) is 5.95 Å². The molecule has 4 rings (SSSR count). The lowest BCUT2D eigenvalue weighted by atomic mass is 10.0. The SMILES string of the molecule is Cc1nc(-c2nnn(C)c2CNc2nccc(C(C)C)n2)ccc1O[C@H]1CC[C@H](CC(=O)O)C1. The third-order valence-corrected chi connectivity index (χ3v) is 6.16. The Bertz CT molecular complexity index is 1160. The Hall–Kier alpha value is -3.56. The number of hydrogen-bond acceptors (Lipinski definition) is 8. The maximum absolute atomic E-state index is 11.0.